The van der Waals surface area contributed by atoms with Crippen molar-refractivity contribution < 1.29 is 4.79 Å². The molecule has 166 valence electrons. The Hall–Kier alpha value is -0.620. The van der Waals surface area contributed by atoms with Gasteiger partial charge in [0.15, 0.2) is 0 Å². The minimum atomic E-state index is -0.0870. The van der Waals surface area contributed by atoms with Crippen molar-refractivity contribution in [2.24, 2.45) is 11.8 Å². The van der Waals surface area contributed by atoms with E-state index in [0.717, 1.165) is 30.9 Å². The molecule has 0 radical (unpaired) electrons. The van der Waals surface area contributed by atoms with Crippen LogP contribution in [0.3, 0.4) is 0 Å². The van der Waals surface area contributed by atoms with E-state index in [2.05, 4.69) is 62.4 Å². The van der Waals surface area contributed by atoms with Crippen molar-refractivity contribution in [3.8, 4) is 0 Å². The molecule has 0 spiro atoms. The SMILES string of the molecule is CC(C)Cc1ccc(C(C)C(=O)NCCCC(C2CCCCC2)N(C)C)cc1.I. The molecule has 3 nitrogen and oxygen atoms in total. The summed E-state index contributed by atoms with van der Waals surface area (Å²) >= 11 is 0. The summed E-state index contributed by atoms with van der Waals surface area (Å²) in [7, 11) is 4.42. The van der Waals surface area contributed by atoms with Crippen LogP contribution in [0.2, 0.25) is 0 Å². The smallest absolute Gasteiger partial charge is 0.227 e. The maximum Gasteiger partial charge on any atom is 0.227 e. The third kappa shape index (κ3) is 8.95. The van der Waals surface area contributed by atoms with E-state index < -0.39 is 0 Å². The Morgan fingerprint density at radius 2 is 1.69 bits per heavy atom. The van der Waals surface area contributed by atoms with E-state index in [-0.39, 0.29) is 35.8 Å². The van der Waals surface area contributed by atoms with E-state index in [9.17, 15) is 4.79 Å². The number of nitrogens with one attached hydrogen (secondary N) is 1. The molecule has 1 aliphatic carbocycles. The number of carbonyl (C=O) groups is 1. The largest absolute Gasteiger partial charge is 0.356 e. The second-order valence-electron chi connectivity index (χ2n) is 9.42. The third-order valence-electron chi connectivity index (χ3n) is 6.35. The second-order valence-corrected chi connectivity index (χ2v) is 9.42. The Morgan fingerprint density at radius 3 is 2.24 bits per heavy atom. The number of halogens is 1. The van der Waals surface area contributed by atoms with Crippen molar-refractivity contribution in [1.82, 2.24) is 10.2 Å². The number of hydrogen-bond donors (Lipinski definition) is 1. The van der Waals surface area contributed by atoms with Crippen LogP contribution in [0.4, 0.5) is 0 Å². The van der Waals surface area contributed by atoms with Crippen LogP contribution in [0.15, 0.2) is 24.3 Å². The summed E-state index contributed by atoms with van der Waals surface area (Å²) in [6.45, 7) is 7.27. The molecule has 0 saturated heterocycles. The number of carbonyl (C=O) groups excluding carboxylic acids is 1. The normalized spacial score (nSPS) is 17.1. The van der Waals surface area contributed by atoms with Crippen molar-refractivity contribution in [2.75, 3.05) is 20.6 Å². The standard InChI is InChI=1S/C25H42N2O.HI/c1-19(2)18-21-13-15-22(16-14-21)20(3)25(28)26-17-9-12-24(27(4)5)23-10-7-6-8-11-23;/h13-16,19-20,23-24H,6-12,17-18H2,1-5H3,(H,26,28);1H. The third-order valence-corrected chi connectivity index (χ3v) is 6.35. The van der Waals surface area contributed by atoms with Gasteiger partial charge in [-0.2, -0.15) is 0 Å². The van der Waals surface area contributed by atoms with Gasteiger partial charge in [-0.1, -0.05) is 57.4 Å². The van der Waals surface area contributed by atoms with Gasteiger partial charge < -0.3 is 10.2 Å². The van der Waals surface area contributed by atoms with Gasteiger partial charge in [-0.05, 0) is 76.1 Å². The molecule has 2 atom stereocenters. The average Bonchev–Trinajstić information content (AvgIpc) is 2.67. The molecular weight excluding hydrogens is 471 g/mol. The monoisotopic (exact) mass is 514 g/mol. The lowest BCUT2D eigenvalue weighted by Gasteiger charge is -2.35. The van der Waals surface area contributed by atoms with Crippen molar-refractivity contribution in [3.05, 3.63) is 35.4 Å². The Labute approximate surface area is 196 Å². The number of benzene rings is 1. The quantitative estimate of drug-likeness (QED) is 0.306. The van der Waals surface area contributed by atoms with Crippen LogP contribution in [-0.4, -0.2) is 37.5 Å². The van der Waals surface area contributed by atoms with Crippen molar-refractivity contribution in [1.29, 1.82) is 0 Å². The summed E-state index contributed by atoms with van der Waals surface area (Å²) in [6, 6.07) is 9.24. The Morgan fingerprint density at radius 1 is 1.07 bits per heavy atom. The van der Waals surface area contributed by atoms with Gasteiger partial charge in [0.1, 0.15) is 0 Å². The molecule has 29 heavy (non-hydrogen) atoms. The van der Waals surface area contributed by atoms with Crippen LogP contribution in [0.1, 0.15) is 82.8 Å². The molecule has 1 amide bonds. The molecule has 0 heterocycles. The lowest BCUT2D eigenvalue weighted by atomic mass is 9.81. The molecule has 1 N–H and O–H groups in total. The first-order valence-corrected chi connectivity index (χ1v) is 11.4. The predicted molar refractivity (Wildman–Crippen MR) is 135 cm³/mol. The minimum absolute atomic E-state index is 0. The van der Waals surface area contributed by atoms with Crippen LogP contribution >= 0.6 is 24.0 Å². The molecule has 1 aromatic carbocycles. The molecule has 1 saturated carbocycles. The average molecular weight is 515 g/mol. The van der Waals surface area contributed by atoms with E-state index in [1.807, 2.05) is 6.92 Å². The molecular formula is C25H43IN2O. The van der Waals surface area contributed by atoms with Crippen LogP contribution < -0.4 is 5.32 Å². The lowest BCUT2D eigenvalue weighted by Crippen LogP contribution is -2.37. The highest BCUT2D eigenvalue weighted by molar-refractivity contribution is 14.0. The Balaban J connectivity index is 0.00000420. The molecule has 2 rings (SSSR count). The fourth-order valence-electron chi connectivity index (χ4n) is 4.68. The van der Waals surface area contributed by atoms with E-state index in [1.54, 1.807) is 0 Å². The summed E-state index contributed by atoms with van der Waals surface area (Å²) < 4.78 is 0. The van der Waals surface area contributed by atoms with Gasteiger partial charge in [0.2, 0.25) is 5.91 Å². The van der Waals surface area contributed by atoms with E-state index in [0.29, 0.717) is 12.0 Å². The van der Waals surface area contributed by atoms with Crippen LogP contribution in [0, 0.1) is 11.8 Å². The van der Waals surface area contributed by atoms with Gasteiger partial charge in [0, 0.05) is 12.6 Å². The highest BCUT2D eigenvalue weighted by Gasteiger charge is 2.25. The van der Waals surface area contributed by atoms with Gasteiger partial charge in [-0.3, -0.25) is 4.79 Å². The molecule has 4 heteroatoms. The van der Waals surface area contributed by atoms with E-state index in [4.69, 9.17) is 0 Å². The van der Waals surface area contributed by atoms with Gasteiger partial charge >= 0.3 is 0 Å². The van der Waals surface area contributed by atoms with Crippen LogP contribution in [-0.2, 0) is 11.2 Å². The topological polar surface area (TPSA) is 32.3 Å². The zero-order valence-corrected chi connectivity index (χ0v) is 21.6. The first-order valence-electron chi connectivity index (χ1n) is 11.4. The lowest BCUT2D eigenvalue weighted by molar-refractivity contribution is -0.122. The number of rotatable bonds is 10. The molecule has 1 aliphatic rings. The molecule has 1 aromatic rings. The van der Waals surface area contributed by atoms with Gasteiger partial charge in [0.25, 0.3) is 0 Å². The zero-order chi connectivity index (χ0) is 20.5. The second kappa shape index (κ2) is 13.6. The molecule has 1 fully saturated rings. The Bertz CT molecular complexity index is 579. The van der Waals surface area contributed by atoms with Crippen molar-refractivity contribution in [3.63, 3.8) is 0 Å². The van der Waals surface area contributed by atoms with Gasteiger partial charge in [-0.25, -0.2) is 0 Å². The zero-order valence-electron chi connectivity index (χ0n) is 19.2. The molecule has 2 unspecified atom stereocenters. The molecule has 0 aliphatic heterocycles. The summed E-state index contributed by atoms with van der Waals surface area (Å²) in [5.41, 5.74) is 2.46. The van der Waals surface area contributed by atoms with Gasteiger partial charge in [0.05, 0.1) is 5.92 Å². The highest BCUT2D eigenvalue weighted by atomic mass is 127. The van der Waals surface area contributed by atoms with E-state index >= 15 is 0 Å². The summed E-state index contributed by atoms with van der Waals surface area (Å²) in [5.74, 6) is 1.56. The summed E-state index contributed by atoms with van der Waals surface area (Å²) in [4.78, 5) is 15.0. The molecule has 0 aromatic heterocycles. The van der Waals surface area contributed by atoms with Crippen LogP contribution in [0.5, 0.6) is 0 Å². The number of nitrogens with zero attached hydrogens (tertiary/aromatic N) is 1. The van der Waals surface area contributed by atoms with Crippen molar-refractivity contribution in [2.45, 2.75) is 84.1 Å². The minimum Gasteiger partial charge on any atom is -0.356 e. The first kappa shape index (κ1) is 26.4. The van der Waals surface area contributed by atoms with Crippen molar-refractivity contribution >= 4 is 29.9 Å². The summed E-state index contributed by atoms with van der Waals surface area (Å²) in [5, 5.41) is 3.17. The van der Waals surface area contributed by atoms with E-state index in [1.165, 1.54) is 44.1 Å². The first-order chi connectivity index (χ1) is 13.4. The number of amides is 1. The van der Waals surface area contributed by atoms with Crippen LogP contribution in [0.25, 0.3) is 0 Å². The maximum atomic E-state index is 12.6. The molecule has 0 bridgehead atoms. The summed E-state index contributed by atoms with van der Waals surface area (Å²) in [6.07, 6.45) is 10.3. The fraction of sp³-hybridized carbons (Fsp3) is 0.720. The highest BCUT2D eigenvalue weighted by Crippen LogP contribution is 2.30. The maximum absolute atomic E-state index is 12.6. The predicted octanol–water partition coefficient (Wildman–Crippen LogP) is 6.01. The number of hydrogen-bond acceptors (Lipinski definition) is 2. The van der Waals surface area contributed by atoms with Gasteiger partial charge in [-0.15, -0.1) is 24.0 Å². The Kier molecular flexibility index (Phi) is 12.4. The fourth-order valence-corrected chi connectivity index (χ4v) is 4.68.